The lowest BCUT2D eigenvalue weighted by molar-refractivity contribution is -0.144. The fraction of sp³-hybridized carbons (Fsp3) is 0.594. The number of allylic oxidation sites excluding steroid dienone is 2. The Morgan fingerprint density at radius 3 is 2.19 bits per heavy atom. The van der Waals surface area contributed by atoms with Crippen molar-refractivity contribution in [1.82, 2.24) is 4.90 Å². The second-order valence-electron chi connectivity index (χ2n) is 12.3. The van der Waals surface area contributed by atoms with Crippen molar-refractivity contribution in [1.29, 1.82) is 0 Å². The van der Waals surface area contributed by atoms with E-state index in [1.807, 2.05) is 25.1 Å². The summed E-state index contributed by atoms with van der Waals surface area (Å²) in [6, 6.07) is 1.93. The number of rotatable bonds is 12. The van der Waals surface area contributed by atoms with E-state index in [0.717, 1.165) is 57.3 Å². The van der Waals surface area contributed by atoms with E-state index in [2.05, 4.69) is 18.7 Å². The molecule has 6 N–H and O–H groups in total. The Morgan fingerprint density at radius 2 is 1.64 bits per heavy atom. The molecule has 1 aromatic rings. The van der Waals surface area contributed by atoms with Crippen LogP contribution < -0.4 is 10.6 Å². The first-order valence-electron chi connectivity index (χ1n) is 15.1. The van der Waals surface area contributed by atoms with Gasteiger partial charge in [0.2, 0.25) is 5.78 Å². The number of aliphatic hydroxyl groups excluding tert-OH is 2. The molecule has 230 valence electrons. The average molecular weight is 584 g/mol. The first-order valence-corrected chi connectivity index (χ1v) is 15.1. The van der Waals surface area contributed by atoms with Crippen molar-refractivity contribution in [2.75, 3.05) is 32.1 Å². The predicted molar refractivity (Wildman–Crippen MR) is 159 cm³/mol. The third-order valence-corrected chi connectivity index (χ3v) is 9.15. The van der Waals surface area contributed by atoms with Gasteiger partial charge in [0.05, 0.1) is 5.56 Å². The summed E-state index contributed by atoms with van der Waals surface area (Å²) in [6.45, 7) is 6.49. The molecule has 0 saturated carbocycles. The number of aliphatic hydroxyl groups is 3. The van der Waals surface area contributed by atoms with E-state index in [0.29, 0.717) is 17.7 Å². The van der Waals surface area contributed by atoms with Gasteiger partial charge in [0.1, 0.15) is 22.8 Å². The molecule has 0 saturated heterocycles. The molecule has 3 aliphatic rings. The smallest absolute Gasteiger partial charge is 0.255 e. The summed E-state index contributed by atoms with van der Waals surface area (Å²) in [5.41, 5.74) is 3.91. The second kappa shape index (κ2) is 12.5. The number of Topliss-reactive ketones (excluding diaryl/α,β-unsaturated/α-hetero) is 2. The predicted octanol–water partition coefficient (Wildman–Crippen LogP) is 3.83. The first-order chi connectivity index (χ1) is 19.9. The number of carbonyl (C=O) groups is 3. The maximum absolute atomic E-state index is 14.1. The number of primary amides is 1. The van der Waals surface area contributed by atoms with Gasteiger partial charge in [-0.25, -0.2) is 0 Å². The molecule has 0 heterocycles. The normalized spacial score (nSPS) is 23.7. The van der Waals surface area contributed by atoms with Crippen LogP contribution >= 0.6 is 0 Å². The fourth-order valence-electron chi connectivity index (χ4n) is 6.92. The van der Waals surface area contributed by atoms with Gasteiger partial charge in [-0.1, -0.05) is 39.5 Å². The van der Waals surface area contributed by atoms with Crippen LogP contribution in [0.3, 0.4) is 0 Å². The summed E-state index contributed by atoms with van der Waals surface area (Å²) in [4.78, 5) is 43.5. The standard InChI is InChI=1S/C32H45N3O7/c1-5-7-9-11-35(12-10-8-6-2)17-19-15-22(34(3)4)21-14-18-13-20-16-23(36)26(31(33)41)30(40)32(20,42)29(39)24(18)28(38)25(21)27(19)37/h15,18,20,36-37,39,42H,5-14,16-17H2,1-4H3,(H2,33,41)/t18-,20+,32+/m1/s1. The summed E-state index contributed by atoms with van der Waals surface area (Å²) >= 11 is 0. The number of hydrogen-bond donors (Lipinski definition) is 5. The molecular weight excluding hydrogens is 538 g/mol. The molecule has 4 rings (SSSR count). The molecule has 3 atom stereocenters. The Kier molecular flexibility index (Phi) is 9.37. The minimum Gasteiger partial charge on any atom is -0.511 e. The number of anilines is 1. The van der Waals surface area contributed by atoms with Crippen LogP contribution in [-0.2, 0) is 22.6 Å². The number of nitrogens with zero attached hydrogens (tertiary/aromatic N) is 2. The van der Waals surface area contributed by atoms with Crippen LogP contribution in [0.15, 0.2) is 28.7 Å². The number of nitrogens with two attached hydrogens (primary N) is 1. The van der Waals surface area contributed by atoms with Gasteiger partial charge in [-0.3, -0.25) is 19.3 Å². The molecule has 0 unspecified atom stereocenters. The number of hydrogen-bond acceptors (Lipinski definition) is 9. The molecule has 10 heteroatoms. The van der Waals surface area contributed by atoms with E-state index in [1.54, 1.807) is 0 Å². The minimum atomic E-state index is -2.57. The zero-order valence-corrected chi connectivity index (χ0v) is 25.2. The van der Waals surface area contributed by atoms with Gasteiger partial charge < -0.3 is 31.1 Å². The molecule has 0 aromatic heterocycles. The lowest BCUT2D eigenvalue weighted by Gasteiger charge is -2.46. The summed E-state index contributed by atoms with van der Waals surface area (Å²) < 4.78 is 0. The van der Waals surface area contributed by atoms with Gasteiger partial charge in [0.25, 0.3) is 5.91 Å². The molecule has 1 amide bonds. The van der Waals surface area contributed by atoms with Crippen molar-refractivity contribution >= 4 is 23.2 Å². The highest BCUT2D eigenvalue weighted by Gasteiger charge is 2.59. The number of aromatic hydroxyl groups is 1. The Hall–Kier alpha value is -3.37. The van der Waals surface area contributed by atoms with Crippen LogP contribution in [0.25, 0.3) is 0 Å². The van der Waals surface area contributed by atoms with E-state index < -0.39 is 52.0 Å². The topological polar surface area (TPSA) is 165 Å². The number of phenolic OH excluding ortho intramolecular Hbond substituents is 1. The number of benzene rings is 1. The van der Waals surface area contributed by atoms with Crippen LogP contribution in [0.5, 0.6) is 5.75 Å². The van der Waals surface area contributed by atoms with Crippen LogP contribution in [0.1, 0.15) is 86.7 Å². The zero-order chi connectivity index (χ0) is 30.9. The summed E-state index contributed by atoms with van der Waals surface area (Å²) in [6.07, 6.45) is 6.60. The van der Waals surface area contributed by atoms with Gasteiger partial charge in [0.15, 0.2) is 11.4 Å². The zero-order valence-electron chi connectivity index (χ0n) is 25.2. The van der Waals surface area contributed by atoms with E-state index in [-0.39, 0.29) is 36.1 Å². The second-order valence-corrected chi connectivity index (χ2v) is 12.3. The number of amides is 1. The molecule has 0 fully saturated rings. The summed E-state index contributed by atoms with van der Waals surface area (Å²) in [5, 5.41) is 44.9. The summed E-state index contributed by atoms with van der Waals surface area (Å²) in [7, 11) is 3.75. The molecule has 0 radical (unpaired) electrons. The van der Waals surface area contributed by atoms with Gasteiger partial charge in [-0.15, -0.1) is 0 Å². The largest absolute Gasteiger partial charge is 0.511 e. The van der Waals surface area contributed by atoms with Crippen molar-refractivity contribution < 1.29 is 34.8 Å². The highest BCUT2D eigenvalue weighted by atomic mass is 16.3. The van der Waals surface area contributed by atoms with Crippen molar-refractivity contribution in [3.63, 3.8) is 0 Å². The Bertz CT molecular complexity index is 1320. The Labute approximate surface area is 247 Å². The van der Waals surface area contributed by atoms with Crippen molar-refractivity contribution in [2.24, 2.45) is 17.6 Å². The Morgan fingerprint density at radius 1 is 1.02 bits per heavy atom. The number of fused-ring (bicyclic) bond motifs is 3. The highest BCUT2D eigenvalue weighted by molar-refractivity contribution is 6.24. The SMILES string of the molecule is CCCCCN(CCCCC)Cc1cc(N(C)C)c2c(c1O)C(=O)C1=C(O)[C@]3(O)C(=O)C(C(N)=O)=C(O)C[C@@H]3C[C@@H]1C2. The average Bonchev–Trinajstić information content (AvgIpc) is 2.91. The van der Waals surface area contributed by atoms with E-state index in [1.165, 1.54) is 0 Å². The van der Waals surface area contributed by atoms with Crippen LogP contribution in [0.4, 0.5) is 5.69 Å². The highest BCUT2D eigenvalue weighted by Crippen LogP contribution is 2.52. The van der Waals surface area contributed by atoms with Crippen molar-refractivity contribution in [2.45, 2.75) is 83.8 Å². The molecule has 10 nitrogen and oxygen atoms in total. The van der Waals surface area contributed by atoms with Gasteiger partial charge in [-0.05, 0) is 56.3 Å². The van der Waals surface area contributed by atoms with Crippen LogP contribution in [0.2, 0.25) is 0 Å². The van der Waals surface area contributed by atoms with Crippen LogP contribution in [0, 0.1) is 11.8 Å². The number of phenols is 1. The number of unbranched alkanes of at least 4 members (excludes halogenated alkanes) is 4. The lowest BCUT2D eigenvalue weighted by atomic mass is 9.60. The molecule has 0 spiro atoms. The fourth-order valence-corrected chi connectivity index (χ4v) is 6.92. The maximum atomic E-state index is 14.1. The third-order valence-electron chi connectivity index (χ3n) is 9.15. The lowest BCUT2D eigenvalue weighted by Crippen LogP contribution is -2.57. The number of carbonyl (C=O) groups excluding carboxylic acids is 3. The van der Waals surface area contributed by atoms with Crippen LogP contribution in [-0.4, -0.2) is 75.6 Å². The molecule has 42 heavy (non-hydrogen) atoms. The van der Waals surface area contributed by atoms with Crippen molar-refractivity contribution in [3.05, 3.63) is 45.4 Å². The van der Waals surface area contributed by atoms with E-state index >= 15 is 0 Å². The molecule has 0 bridgehead atoms. The summed E-state index contributed by atoms with van der Waals surface area (Å²) in [5.74, 6) is -6.11. The molecular formula is C32H45N3O7. The molecule has 0 aliphatic heterocycles. The van der Waals surface area contributed by atoms with Crippen molar-refractivity contribution in [3.8, 4) is 5.75 Å². The van der Waals surface area contributed by atoms with E-state index in [4.69, 9.17) is 5.73 Å². The first kappa shape index (κ1) is 31.6. The molecule has 3 aliphatic carbocycles. The minimum absolute atomic E-state index is 0.0647. The van der Waals surface area contributed by atoms with Gasteiger partial charge in [-0.2, -0.15) is 0 Å². The third kappa shape index (κ3) is 5.42. The quantitative estimate of drug-likeness (QED) is 0.182. The maximum Gasteiger partial charge on any atom is 0.255 e. The van der Waals surface area contributed by atoms with Gasteiger partial charge >= 0.3 is 0 Å². The Balaban J connectivity index is 1.79. The van der Waals surface area contributed by atoms with Gasteiger partial charge in [0, 0.05) is 49.8 Å². The monoisotopic (exact) mass is 583 g/mol. The van der Waals surface area contributed by atoms with E-state index in [9.17, 15) is 34.8 Å². The number of ketones is 2. The molecule has 1 aromatic carbocycles.